The third-order valence-electron chi connectivity index (χ3n) is 8.56. The minimum atomic E-state index is -1.19. The number of halogens is 2. The summed E-state index contributed by atoms with van der Waals surface area (Å²) in [6.45, 7) is 0. The number of nitrogens with zero attached hydrogens (tertiary/aromatic N) is 2. The summed E-state index contributed by atoms with van der Waals surface area (Å²) in [6, 6.07) is 61.9. The first-order valence-electron chi connectivity index (χ1n) is 15.7. The van der Waals surface area contributed by atoms with Crippen LogP contribution in [0, 0.1) is 0 Å². The molecule has 0 saturated carbocycles. The highest BCUT2D eigenvalue weighted by Gasteiger charge is 2.39. The van der Waals surface area contributed by atoms with Gasteiger partial charge in [-0.1, -0.05) is 205 Å². The second-order valence-electron chi connectivity index (χ2n) is 11.6. The zero-order valence-electron chi connectivity index (χ0n) is 25.5. The van der Waals surface area contributed by atoms with Crippen LogP contribution in [0.15, 0.2) is 192 Å². The van der Waals surface area contributed by atoms with Crippen molar-refractivity contribution in [3.8, 4) is 0 Å². The van der Waals surface area contributed by atoms with Crippen molar-refractivity contribution in [3.05, 3.63) is 215 Å². The van der Waals surface area contributed by atoms with Gasteiger partial charge < -0.3 is 0 Å². The van der Waals surface area contributed by atoms with Crippen LogP contribution in [0.25, 0.3) is 0 Å². The fraction of sp³-hybridized carbons (Fsp3) is 0.143. The van der Waals surface area contributed by atoms with Crippen molar-refractivity contribution in [2.24, 2.45) is 10.2 Å². The molecule has 0 fully saturated rings. The van der Waals surface area contributed by atoms with Crippen molar-refractivity contribution < 1.29 is 0 Å². The molecule has 0 aliphatic carbocycles. The Labute approximate surface area is 282 Å². The van der Waals surface area contributed by atoms with Crippen molar-refractivity contribution in [1.29, 1.82) is 0 Å². The molecular formula is C42H36Cl2N2. The fourth-order valence-corrected chi connectivity index (χ4v) is 6.75. The van der Waals surface area contributed by atoms with Crippen LogP contribution in [-0.2, 0) is 10.00 Å². The van der Waals surface area contributed by atoms with Gasteiger partial charge in [0.1, 0.15) is 0 Å². The van der Waals surface area contributed by atoms with Crippen LogP contribution in [-0.4, -0.2) is 0 Å². The van der Waals surface area contributed by atoms with Crippen molar-refractivity contribution in [2.45, 2.75) is 34.7 Å². The Morgan fingerprint density at radius 3 is 0.804 bits per heavy atom. The minimum absolute atomic E-state index is 0.0260. The Morgan fingerprint density at radius 1 is 0.348 bits per heavy atom. The zero-order valence-corrected chi connectivity index (χ0v) is 27.1. The summed E-state index contributed by atoms with van der Waals surface area (Å²) in [5.74, 6) is -0.0521. The van der Waals surface area contributed by atoms with E-state index in [4.69, 9.17) is 33.4 Å². The molecule has 6 aromatic carbocycles. The SMILES string of the molecule is ClC(CC(c1ccccc1)c1ccccc1)(/N=N/C(Cl)(CC(c1ccccc1)c1ccccc1)c1ccccc1)c1ccccc1. The van der Waals surface area contributed by atoms with Crippen LogP contribution < -0.4 is 0 Å². The molecular weight excluding hydrogens is 603 g/mol. The summed E-state index contributed by atoms with van der Waals surface area (Å²) in [7, 11) is 0. The monoisotopic (exact) mass is 638 g/mol. The van der Waals surface area contributed by atoms with Gasteiger partial charge in [-0.3, -0.25) is 0 Å². The van der Waals surface area contributed by atoms with Crippen LogP contribution >= 0.6 is 23.2 Å². The Bertz CT molecular complexity index is 1590. The van der Waals surface area contributed by atoms with E-state index in [0.717, 1.165) is 11.1 Å². The molecule has 6 aromatic rings. The Hall–Kier alpha value is -4.50. The molecule has 0 spiro atoms. The lowest BCUT2D eigenvalue weighted by Gasteiger charge is -2.32. The lowest BCUT2D eigenvalue weighted by atomic mass is 9.83. The van der Waals surface area contributed by atoms with Gasteiger partial charge in [0.2, 0.25) is 0 Å². The topological polar surface area (TPSA) is 24.7 Å². The van der Waals surface area contributed by atoms with Crippen molar-refractivity contribution in [3.63, 3.8) is 0 Å². The summed E-state index contributed by atoms with van der Waals surface area (Å²) in [4.78, 5) is -2.39. The lowest BCUT2D eigenvalue weighted by Crippen LogP contribution is -2.24. The Balaban J connectivity index is 1.46. The van der Waals surface area contributed by atoms with Crippen LogP contribution in [0.1, 0.15) is 58.1 Å². The van der Waals surface area contributed by atoms with Crippen LogP contribution in [0.3, 0.4) is 0 Å². The number of hydrogen-bond acceptors (Lipinski definition) is 2. The molecule has 0 aliphatic rings. The normalized spacial score (nSPS) is 14.3. The first kappa shape index (κ1) is 31.5. The molecule has 2 nitrogen and oxygen atoms in total. The van der Waals surface area contributed by atoms with Crippen molar-refractivity contribution >= 4 is 23.2 Å². The third kappa shape index (κ3) is 7.48. The Kier molecular flexibility index (Phi) is 10.1. The van der Waals surface area contributed by atoms with Gasteiger partial charge in [0.05, 0.1) is 0 Å². The van der Waals surface area contributed by atoms with Gasteiger partial charge in [0.15, 0.2) is 10.00 Å². The maximum absolute atomic E-state index is 7.70. The number of azo groups is 1. The number of rotatable bonds is 12. The van der Waals surface area contributed by atoms with Gasteiger partial charge in [-0.2, -0.15) is 10.2 Å². The molecule has 0 amide bonds. The van der Waals surface area contributed by atoms with E-state index in [2.05, 4.69) is 97.1 Å². The molecule has 4 heteroatoms. The van der Waals surface area contributed by atoms with Crippen molar-refractivity contribution in [2.75, 3.05) is 0 Å². The van der Waals surface area contributed by atoms with Gasteiger partial charge in [-0.15, -0.1) is 0 Å². The molecule has 6 rings (SSSR count). The van der Waals surface area contributed by atoms with E-state index in [1.54, 1.807) is 0 Å². The van der Waals surface area contributed by atoms with Crippen molar-refractivity contribution in [1.82, 2.24) is 0 Å². The van der Waals surface area contributed by atoms with E-state index in [0.29, 0.717) is 12.8 Å². The average Bonchev–Trinajstić information content (AvgIpc) is 3.14. The lowest BCUT2D eigenvalue weighted by molar-refractivity contribution is 0.451. The smallest absolute Gasteiger partial charge is 0.164 e. The summed E-state index contributed by atoms with van der Waals surface area (Å²) in [5, 5.41) is 10.1. The van der Waals surface area contributed by atoms with E-state index in [1.807, 2.05) is 84.9 Å². The van der Waals surface area contributed by atoms with E-state index in [1.165, 1.54) is 22.3 Å². The van der Waals surface area contributed by atoms with Crippen LogP contribution in [0.4, 0.5) is 0 Å². The maximum atomic E-state index is 7.70. The minimum Gasteiger partial charge on any atom is -0.164 e. The molecule has 0 aliphatic heterocycles. The van der Waals surface area contributed by atoms with Gasteiger partial charge in [-0.05, 0) is 33.4 Å². The summed E-state index contributed by atoms with van der Waals surface area (Å²) in [5.41, 5.74) is 6.40. The summed E-state index contributed by atoms with van der Waals surface area (Å²) >= 11 is 15.4. The summed E-state index contributed by atoms with van der Waals surface area (Å²) in [6.07, 6.45) is 0.970. The van der Waals surface area contributed by atoms with Gasteiger partial charge in [0.25, 0.3) is 0 Å². The predicted octanol–water partition coefficient (Wildman–Crippen LogP) is 12.1. The quantitative estimate of drug-likeness (QED) is 0.0723. The van der Waals surface area contributed by atoms with E-state index < -0.39 is 10.00 Å². The molecule has 0 saturated heterocycles. The molecule has 0 aromatic heterocycles. The highest BCUT2D eigenvalue weighted by atomic mass is 35.5. The summed E-state index contributed by atoms with van der Waals surface area (Å²) < 4.78 is 0. The standard InChI is InChI=1S/C42H36Cl2N2/c43-41(37-27-15-5-16-28-37,31-39(33-19-7-1-8-20-33)34-21-9-2-10-22-34)45-46-42(44,38-29-17-6-18-30-38)32-40(35-23-11-3-12-24-35)36-25-13-4-14-26-36/h1-30,39-40H,31-32H2/b46-45+. The first-order chi connectivity index (χ1) is 22.5. The van der Waals surface area contributed by atoms with E-state index in [-0.39, 0.29) is 11.8 Å². The first-order valence-corrected chi connectivity index (χ1v) is 16.4. The Morgan fingerprint density at radius 2 is 0.565 bits per heavy atom. The van der Waals surface area contributed by atoms with E-state index in [9.17, 15) is 0 Å². The molecule has 2 unspecified atom stereocenters. The number of hydrogen-bond donors (Lipinski definition) is 0. The van der Waals surface area contributed by atoms with Gasteiger partial charge >= 0.3 is 0 Å². The molecule has 46 heavy (non-hydrogen) atoms. The van der Waals surface area contributed by atoms with Gasteiger partial charge in [-0.25, -0.2) is 0 Å². The largest absolute Gasteiger partial charge is 0.180 e. The molecule has 0 bridgehead atoms. The average molecular weight is 640 g/mol. The highest BCUT2D eigenvalue weighted by molar-refractivity contribution is 6.24. The second kappa shape index (κ2) is 14.7. The number of alkyl halides is 2. The zero-order chi connectivity index (χ0) is 31.7. The fourth-order valence-electron chi connectivity index (χ4n) is 6.12. The highest BCUT2D eigenvalue weighted by Crippen LogP contribution is 2.47. The van der Waals surface area contributed by atoms with Crippen LogP contribution in [0.5, 0.6) is 0 Å². The maximum Gasteiger partial charge on any atom is 0.180 e. The molecule has 0 heterocycles. The molecule has 0 N–H and O–H groups in total. The predicted molar refractivity (Wildman–Crippen MR) is 191 cm³/mol. The van der Waals surface area contributed by atoms with Crippen LogP contribution in [0.2, 0.25) is 0 Å². The van der Waals surface area contributed by atoms with E-state index >= 15 is 0 Å². The number of benzene rings is 6. The molecule has 228 valence electrons. The third-order valence-corrected chi connectivity index (χ3v) is 9.45. The molecule has 2 atom stereocenters. The second-order valence-corrected chi connectivity index (χ2v) is 12.9. The molecule has 0 radical (unpaired) electrons. The van der Waals surface area contributed by atoms with Gasteiger partial charge in [0, 0.05) is 24.7 Å².